The highest BCUT2D eigenvalue weighted by molar-refractivity contribution is 5.78. The van der Waals surface area contributed by atoms with Crippen molar-refractivity contribution in [2.75, 3.05) is 14.1 Å². The van der Waals surface area contributed by atoms with Crippen LogP contribution in [0, 0.1) is 5.92 Å². The highest BCUT2D eigenvalue weighted by Crippen LogP contribution is 2.24. The Balaban J connectivity index is 0.000000362. The first-order valence-corrected chi connectivity index (χ1v) is 6.83. The molecule has 0 heterocycles. The van der Waals surface area contributed by atoms with Gasteiger partial charge < -0.3 is 15.4 Å². The van der Waals surface area contributed by atoms with E-state index in [1.165, 1.54) is 19.3 Å². The molecule has 1 saturated carbocycles. The Morgan fingerprint density at radius 2 is 1.58 bits per heavy atom. The van der Waals surface area contributed by atoms with Gasteiger partial charge >= 0.3 is 6.09 Å². The van der Waals surface area contributed by atoms with Gasteiger partial charge in [-0.1, -0.05) is 19.3 Å². The van der Waals surface area contributed by atoms with Gasteiger partial charge in [0.1, 0.15) is 5.60 Å². The van der Waals surface area contributed by atoms with Crippen molar-refractivity contribution >= 4 is 12.0 Å². The molecule has 1 aliphatic rings. The zero-order valence-corrected chi connectivity index (χ0v) is 12.9. The second kappa shape index (κ2) is 8.02. The second-order valence-corrected chi connectivity index (χ2v) is 6.10. The quantitative estimate of drug-likeness (QED) is 0.797. The minimum atomic E-state index is -0.725. The van der Waals surface area contributed by atoms with Crippen molar-refractivity contribution in [1.29, 1.82) is 0 Å². The lowest BCUT2D eigenvalue weighted by Gasteiger charge is -2.23. The van der Waals surface area contributed by atoms with Crippen LogP contribution in [0.4, 0.5) is 4.79 Å². The van der Waals surface area contributed by atoms with E-state index in [2.05, 4.69) is 4.74 Å². The fraction of sp³-hybridized carbons (Fsp3) is 0.857. The summed E-state index contributed by atoms with van der Waals surface area (Å²) in [5.74, 6) is 0.656. The van der Waals surface area contributed by atoms with E-state index in [-0.39, 0.29) is 0 Å². The zero-order chi connectivity index (χ0) is 15.1. The van der Waals surface area contributed by atoms with Crippen molar-refractivity contribution in [3.63, 3.8) is 0 Å². The van der Waals surface area contributed by atoms with Crippen LogP contribution in [0.25, 0.3) is 0 Å². The van der Waals surface area contributed by atoms with Crippen LogP contribution in [-0.2, 0) is 9.53 Å². The summed E-state index contributed by atoms with van der Waals surface area (Å²) < 4.78 is 4.58. The smallest absolute Gasteiger partial charge is 0.405 e. The lowest BCUT2D eigenvalue weighted by Crippen LogP contribution is -2.30. The molecule has 0 aromatic carbocycles. The molecule has 5 heteroatoms. The summed E-state index contributed by atoms with van der Waals surface area (Å²) in [5.41, 5.74) is 4.26. The predicted molar refractivity (Wildman–Crippen MR) is 75.7 cm³/mol. The number of carbonyl (C=O) groups is 2. The van der Waals surface area contributed by atoms with Gasteiger partial charge in [0.05, 0.1) is 0 Å². The maximum absolute atomic E-state index is 11.4. The van der Waals surface area contributed by atoms with Crippen LogP contribution in [0.2, 0.25) is 0 Å². The third-order valence-electron chi connectivity index (χ3n) is 2.80. The van der Waals surface area contributed by atoms with Crippen LogP contribution < -0.4 is 5.73 Å². The van der Waals surface area contributed by atoms with Gasteiger partial charge in [-0.15, -0.1) is 0 Å². The van der Waals surface area contributed by atoms with E-state index < -0.39 is 11.7 Å². The maximum atomic E-state index is 11.4. The molecule has 1 fully saturated rings. The molecule has 1 rings (SSSR count). The average molecular weight is 272 g/mol. The van der Waals surface area contributed by atoms with E-state index in [1.54, 1.807) is 25.7 Å². The van der Waals surface area contributed by atoms with Gasteiger partial charge in [-0.2, -0.15) is 0 Å². The number of nitrogens with two attached hydrogens (primary N) is 1. The predicted octanol–water partition coefficient (Wildman–Crippen LogP) is 2.54. The minimum Gasteiger partial charge on any atom is -0.444 e. The highest BCUT2D eigenvalue weighted by Gasteiger charge is 2.21. The Hall–Kier alpha value is -1.26. The van der Waals surface area contributed by atoms with Gasteiger partial charge in [0.25, 0.3) is 0 Å². The van der Waals surface area contributed by atoms with E-state index in [0.29, 0.717) is 11.8 Å². The summed E-state index contributed by atoms with van der Waals surface area (Å²) in [4.78, 5) is 23.2. The van der Waals surface area contributed by atoms with Crippen molar-refractivity contribution in [2.45, 2.75) is 58.5 Å². The molecule has 19 heavy (non-hydrogen) atoms. The van der Waals surface area contributed by atoms with E-state index >= 15 is 0 Å². The fourth-order valence-electron chi connectivity index (χ4n) is 2.02. The molecular weight excluding hydrogens is 244 g/mol. The number of hydrogen-bond acceptors (Lipinski definition) is 3. The molecular formula is C14H28N2O3. The van der Waals surface area contributed by atoms with Crippen LogP contribution in [0.1, 0.15) is 52.9 Å². The minimum absolute atomic E-state index is 0.324. The average Bonchev–Trinajstić information content (AvgIpc) is 2.26. The van der Waals surface area contributed by atoms with Crippen molar-refractivity contribution in [2.24, 2.45) is 11.7 Å². The summed E-state index contributed by atoms with van der Waals surface area (Å²) >= 11 is 0. The van der Waals surface area contributed by atoms with Gasteiger partial charge in [-0.25, -0.2) is 4.79 Å². The molecule has 0 spiro atoms. The normalized spacial score (nSPS) is 16.1. The standard InChI is InChI=1S/C9H17NO.C5H11NO2/c1-10(2)9(11)8-6-4-3-5-7-8;1-5(2,3)8-4(6)7/h8H,3-7H2,1-2H3;1-3H3,(H2,6,7). The van der Waals surface area contributed by atoms with Gasteiger partial charge in [0.2, 0.25) is 5.91 Å². The first kappa shape index (κ1) is 17.7. The third kappa shape index (κ3) is 9.33. The van der Waals surface area contributed by atoms with Gasteiger partial charge in [-0.3, -0.25) is 4.79 Å². The van der Waals surface area contributed by atoms with Crippen LogP contribution >= 0.6 is 0 Å². The van der Waals surface area contributed by atoms with Crippen LogP contribution in [-0.4, -0.2) is 36.6 Å². The Morgan fingerprint density at radius 1 is 1.11 bits per heavy atom. The van der Waals surface area contributed by atoms with Gasteiger partial charge in [0, 0.05) is 20.0 Å². The molecule has 0 atom stereocenters. The van der Waals surface area contributed by atoms with Crippen molar-refractivity contribution in [3.8, 4) is 0 Å². The number of rotatable bonds is 1. The summed E-state index contributed by atoms with van der Waals surface area (Å²) in [7, 11) is 3.69. The molecule has 2 N–H and O–H groups in total. The first-order valence-electron chi connectivity index (χ1n) is 6.83. The number of primary amides is 1. The van der Waals surface area contributed by atoms with Crippen LogP contribution in [0.5, 0.6) is 0 Å². The molecule has 1 aliphatic carbocycles. The molecule has 0 aliphatic heterocycles. The monoisotopic (exact) mass is 272 g/mol. The number of nitrogens with zero attached hydrogens (tertiary/aromatic N) is 1. The number of amides is 2. The molecule has 0 unspecified atom stereocenters. The van der Waals surface area contributed by atoms with Crippen LogP contribution in [0.3, 0.4) is 0 Å². The fourth-order valence-corrected chi connectivity index (χ4v) is 2.02. The lowest BCUT2D eigenvalue weighted by molar-refractivity contribution is -0.133. The maximum Gasteiger partial charge on any atom is 0.405 e. The van der Waals surface area contributed by atoms with Gasteiger partial charge in [0.15, 0.2) is 0 Å². The molecule has 0 saturated heterocycles. The number of hydrogen-bond donors (Lipinski definition) is 1. The molecule has 0 bridgehead atoms. The molecule has 0 radical (unpaired) electrons. The molecule has 0 aromatic rings. The molecule has 5 nitrogen and oxygen atoms in total. The largest absolute Gasteiger partial charge is 0.444 e. The second-order valence-electron chi connectivity index (χ2n) is 6.10. The molecule has 2 amide bonds. The summed E-state index contributed by atoms with van der Waals surface area (Å²) in [6.45, 7) is 5.28. The summed E-state index contributed by atoms with van der Waals surface area (Å²) in [5, 5.41) is 0. The summed E-state index contributed by atoms with van der Waals surface area (Å²) in [6, 6.07) is 0. The molecule has 0 aromatic heterocycles. The van der Waals surface area contributed by atoms with E-state index in [9.17, 15) is 9.59 Å². The number of ether oxygens (including phenoxy) is 1. The first-order chi connectivity index (χ1) is 8.63. The Kier molecular flexibility index (Phi) is 7.49. The van der Waals surface area contributed by atoms with Crippen molar-refractivity contribution in [3.05, 3.63) is 0 Å². The highest BCUT2D eigenvalue weighted by atomic mass is 16.6. The van der Waals surface area contributed by atoms with Crippen molar-refractivity contribution < 1.29 is 14.3 Å². The molecule has 112 valence electrons. The van der Waals surface area contributed by atoms with Crippen LogP contribution in [0.15, 0.2) is 0 Å². The van der Waals surface area contributed by atoms with E-state index in [1.807, 2.05) is 14.1 Å². The Morgan fingerprint density at radius 3 is 1.84 bits per heavy atom. The SMILES string of the molecule is CC(C)(C)OC(N)=O.CN(C)C(=O)C1CCCCC1. The lowest BCUT2D eigenvalue weighted by atomic mass is 9.88. The summed E-state index contributed by atoms with van der Waals surface area (Å²) in [6.07, 6.45) is 5.29. The van der Waals surface area contributed by atoms with Crippen molar-refractivity contribution in [1.82, 2.24) is 4.90 Å². The number of carbonyl (C=O) groups excluding carboxylic acids is 2. The Labute approximate surface area is 116 Å². The van der Waals surface area contributed by atoms with Gasteiger partial charge in [-0.05, 0) is 33.6 Å². The Bertz CT molecular complexity index is 290. The van der Waals surface area contributed by atoms with E-state index in [4.69, 9.17) is 5.73 Å². The zero-order valence-electron chi connectivity index (χ0n) is 12.9. The van der Waals surface area contributed by atoms with E-state index in [0.717, 1.165) is 12.8 Å². The third-order valence-corrected chi connectivity index (χ3v) is 2.80. The topological polar surface area (TPSA) is 72.6 Å².